The largest absolute Gasteiger partial charge is 0.507 e. The van der Waals surface area contributed by atoms with E-state index in [0.717, 1.165) is 0 Å². The monoisotopic (exact) mass is 541 g/mol. The topological polar surface area (TPSA) is 118 Å². The quantitative estimate of drug-likeness (QED) is 0.256. The standard InChI is InChI=1S/C26H21Cl2N3O6/c1-13(32)30-14-7-9-15(10-8-14)31-21(18-6-4-5-11-29-18)19(23(34)26(31)35)22(33)16-12-17(27)25(37-3)20(28)24(16)36-2/h4-12,21,33H,1-3H3,(H,30,32)/b22-19+. The molecule has 2 heterocycles. The van der Waals surface area contributed by atoms with Crippen molar-refractivity contribution in [2.24, 2.45) is 0 Å². The lowest BCUT2D eigenvalue weighted by Crippen LogP contribution is -2.29. The summed E-state index contributed by atoms with van der Waals surface area (Å²) in [6, 6.07) is 11.6. The Labute approximate surface area is 222 Å². The fourth-order valence-corrected chi connectivity index (χ4v) is 4.80. The van der Waals surface area contributed by atoms with Crippen molar-refractivity contribution in [1.82, 2.24) is 4.98 Å². The number of hydrogen-bond donors (Lipinski definition) is 2. The molecule has 2 aromatic carbocycles. The van der Waals surface area contributed by atoms with Gasteiger partial charge in [0.05, 0.1) is 36.1 Å². The summed E-state index contributed by atoms with van der Waals surface area (Å²) in [4.78, 5) is 43.6. The van der Waals surface area contributed by atoms with Gasteiger partial charge in [-0.25, -0.2) is 0 Å². The summed E-state index contributed by atoms with van der Waals surface area (Å²) in [5.41, 5.74) is 0.959. The third kappa shape index (κ3) is 4.71. The zero-order valence-electron chi connectivity index (χ0n) is 19.9. The van der Waals surface area contributed by atoms with E-state index in [1.54, 1.807) is 42.5 Å². The van der Waals surface area contributed by atoms with Crippen LogP contribution in [0.2, 0.25) is 10.0 Å². The van der Waals surface area contributed by atoms with Gasteiger partial charge in [-0.3, -0.25) is 24.3 Å². The number of ether oxygens (including phenoxy) is 2. The minimum Gasteiger partial charge on any atom is -0.507 e. The van der Waals surface area contributed by atoms with Crippen LogP contribution in [0.25, 0.3) is 5.76 Å². The fourth-order valence-electron chi connectivity index (χ4n) is 4.12. The van der Waals surface area contributed by atoms with Gasteiger partial charge in [0.2, 0.25) is 5.91 Å². The normalized spacial score (nSPS) is 16.6. The molecule has 3 aromatic rings. The van der Waals surface area contributed by atoms with Gasteiger partial charge in [-0.1, -0.05) is 29.3 Å². The number of nitrogens with one attached hydrogen (secondary N) is 1. The maximum absolute atomic E-state index is 13.4. The van der Waals surface area contributed by atoms with Gasteiger partial charge >= 0.3 is 0 Å². The third-order valence-corrected chi connectivity index (χ3v) is 6.30. The number of anilines is 2. The molecular weight excluding hydrogens is 521 g/mol. The number of nitrogens with zero attached hydrogens (tertiary/aromatic N) is 2. The lowest BCUT2D eigenvalue weighted by molar-refractivity contribution is -0.132. The van der Waals surface area contributed by atoms with E-state index in [9.17, 15) is 19.5 Å². The second-order valence-electron chi connectivity index (χ2n) is 7.94. The first-order valence-electron chi connectivity index (χ1n) is 10.9. The van der Waals surface area contributed by atoms with Crippen molar-refractivity contribution in [2.45, 2.75) is 13.0 Å². The molecule has 1 saturated heterocycles. The fraction of sp³-hybridized carbons (Fsp3) is 0.154. The molecule has 1 unspecified atom stereocenters. The number of carbonyl (C=O) groups is 3. The molecule has 1 aromatic heterocycles. The number of benzene rings is 2. The van der Waals surface area contributed by atoms with E-state index in [2.05, 4.69) is 10.3 Å². The van der Waals surface area contributed by atoms with E-state index >= 15 is 0 Å². The molecule has 1 fully saturated rings. The smallest absolute Gasteiger partial charge is 0.300 e. The number of methoxy groups -OCH3 is 2. The van der Waals surface area contributed by atoms with Crippen molar-refractivity contribution in [3.63, 3.8) is 0 Å². The van der Waals surface area contributed by atoms with Crippen LogP contribution in [-0.4, -0.2) is 41.9 Å². The maximum atomic E-state index is 13.4. The van der Waals surface area contributed by atoms with Crippen LogP contribution in [0, 0.1) is 0 Å². The summed E-state index contributed by atoms with van der Waals surface area (Å²) in [7, 11) is 2.70. The predicted octanol–water partition coefficient (Wildman–Crippen LogP) is 4.99. The van der Waals surface area contributed by atoms with Crippen LogP contribution in [0.15, 0.2) is 60.3 Å². The Bertz CT molecular complexity index is 1420. The van der Waals surface area contributed by atoms with Gasteiger partial charge in [0.1, 0.15) is 16.8 Å². The van der Waals surface area contributed by atoms with Crippen LogP contribution in [0.5, 0.6) is 11.5 Å². The highest BCUT2D eigenvalue weighted by atomic mass is 35.5. The Balaban J connectivity index is 1.94. The van der Waals surface area contributed by atoms with Crippen LogP contribution < -0.4 is 19.7 Å². The van der Waals surface area contributed by atoms with Crippen LogP contribution >= 0.6 is 23.2 Å². The number of aliphatic hydroxyl groups excluding tert-OH is 1. The highest BCUT2D eigenvalue weighted by Crippen LogP contribution is 2.47. The molecule has 37 heavy (non-hydrogen) atoms. The van der Waals surface area contributed by atoms with E-state index in [-0.39, 0.29) is 38.6 Å². The van der Waals surface area contributed by atoms with Crippen LogP contribution in [0.1, 0.15) is 24.2 Å². The van der Waals surface area contributed by atoms with Crippen LogP contribution in [0.4, 0.5) is 11.4 Å². The Morgan fingerprint density at radius 2 is 1.73 bits per heavy atom. The molecule has 1 aliphatic rings. The number of rotatable bonds is 6. The van der Waals surface area contributed by atoms with Crippen LogP contribution in [0.3, 0.4) is 0 Å². The van der Waals surface area contributed by atoms with E-state index < -0.39 is 23.5 Å². The average Bonchev–Trinajstić information content (AvgIpc) is 3.14. The van der Waals surface area contributed by atoms with Crippen molar-refractivity contribution < 1.29 is 29.0 Å². The van der Waals surface area contributed by atoms with Gasteiger partial charge in [0.25, 0.3) is 11.7 Å². The van der Waals surface area contributed by atoms with Crippen molar-refractivity contribution >= 4 is 57.9 Å². The minimum atomic E-state index is -1.09. The SMILES string of the molecule is COc1c(Cl)cc(/C(O)=C2\C(=O)C(=O)N(c3ccc(NC(C)=O)cc3)C2c2ccccn2)c(OC)c1Cl. The molecule has 0 bridgehead atoms. The van der Waals surface area contributed by atoms with Crippen molar-refractivity contribution in [3.8, 4) is 11.5 Å². The number of hydrogen-bond acceptors (Lipinski definition) is 7. The summed E-state index contributed by atoms with van der Waals surface area (Å²) in [5.74, 6) is -2.50. The number of Topliss-reactive ketones (excluding diaryl/α,β-unsaturated/α-hetero) is 1. The molecule has 2 N–H and O–H groups in total. The van der Waals surface area contributed by atoms with Crippen molar-refractivity contribution in [3.05, 3.63) is 81.6 Å². The summed E-state index contributed by atoms with van der Waals surface area (Å²) in [6.07, 6.45) is 1.51. The Morgan fingerprint density at radius 3 is 2.30 bits per heavy atom. The highest BCUT2D eigenvalue weighted by molar-refractivity contribution is 6.52. The zero-order chi connectivity index (χ0) is 26.9. The van der Waals surface area contributed by atoms with E-state index in [4.69, 9.17) is 32.7 Å². The number of aliphatic hydroxyl groups is 1. The first-order chi connectivity index (χ1) is 17.7. The van der Waals surface area contributed by atoms with Gasteiger partial charge in [-0.2, -0.15) is 0 Å². The predicted molar refractivity (Wildman–Crippen MR) is 139 cm³/mol. The van der Waals surface area contributed by atoms with Gasteiger partial charge in [0.15, 0.2) is 11.5 Å². The number of carbonyl (C=O) groups excluding carboxylic acids is 3. The lowest BCUT2D eigenvalue weighted by Gasteiger charge is -2.25. The van der Waals surface area contributed by atoms with Gasteiger partial charge in [-0.15, -0.1) is 0 Å². The van der Waals surface area contributed by atoms with E-state index in [1.165, 1.54) is 38.3 Å². The van der Waals surface area contributed by atoms with Gasteiger partial charge in [0, 0.05) is 24.5 Å². The minimum absolute atomic E-state index is 0.00163. The maximum Gasteiger partial charge on any atom is 0.300 e. The molecule has 1 aliphatic heterocycles. The molecule has 0 spiro atoms. The summed E-state index contributed by atoms with van der Waals surface area (Å²) < 4.78 is 10.6. The Hall–Kier alpha value is -4.08. The second-order valence-corrected chi connectivity index (χ2v) is 8.72. The molecule has 190 valence electrons. The summed E-state index contributed by atoms with van der Waals surface area (Å²) >= 11 is 12.7. The number of amides is 2. The molecule has 2 amide bonds. The van der Waals surface area contributed by atoms with Gasteiger partial charge in [-0.05, 0) is 42.5 Å². The molecule has 1 atom stereocenters. The Kier molecular flexibility index (Phi) is 7.37. The number of ketones is 1. The number of halogens is 2. The lowest BCUT2D eigenvalue weighted by atomic mass is 9.97. The summed E-state index contributed by atoms with van der Waals surface area (Å²) in [5, 5.41) is 14.1. The first-order valence-corrected chi connectivity index (χ1v) is 11.6. The summed E-state index contributed by atoms with van der Waals surface area (Å²) in [6.45, 7) is 1.37. The molecule has 0 saturated carbocycles. The zero-order valence-corrected chi connectivity index (χ0v) is 21.4. The van der Waals surface area contributed by atoms with E-state index in [1.807, 2.05) is 0 Å². The van der Waals surface area contributed by atoms with Crippen molar-refractivity contribution in [2.75, 3.05) is 24.4 Å². The van der Waals surface area contributed by atoms with Crippen molar-refractivity contribution in [1.29, 1.82) is 0 Å². The second kappa shape index (κ2) is 10.5. The average molecular weight is 542 g/mol. The van der Waals surface area contributed by atoms with Crippen LogP contribution in [-0.2, 0) is 14.4 Å². The number of pyridine rings is 1. The van der Waals surface area contributed by atoms with Gasteiger partial charge < -0.3 is 19.9 Å². The molecule has 11 heteroatoms. The molecule has 0 radical (unpaired) electrons. The molecular formula is C26H21Cl2N3O6. The number of aromatic nitrogens is 1. The third-order valence-electron chi connectivity index (χ3n) is 5.67. The molecule has 9 nitrogen and oxygen atoms in total. The van der Waals surface area contributed by atoms with E-state index in [0.29, 0.717) is 17.1 Å². The molecule has 0 aliphatic carbocycles. The first kappa shape index (κ1) is 26.0. The Morgan fingerprint density at radius 1 is 1.05 bits per heavy atom. The molecule has 4 rings (SSSR count). The highest BCUT2D eigenvalue weighted by Gasteiger charge is 2.48.